The van der Waals surface area contributed by atoms with Gasteiger partial charge in [-0.3, -0.25) is 19.7 Å². The van der Waals surface area contributed by atoms with E-state index in [0.29, 0.717) is 39.2 Å². The number of rotatable bonds is 7. The van der Waals surface area contributed by atoms with Gasteiger partial charge < -0.3 is 16.4 Å². The second kappa shape index (κ2) is 16.2. The fraction of sp³-hybridized carbons (Fsp3) is 0.0500. The Hall–Kier alpha value is -6.96. The van der Waals surface area contributed by atoms with Crippen LogP contribution in [-0.4, -0.2) is 16.7 Å². The Kier molecular flexibility index (Phi) is 11.4. The number of carbonyl (C=O) groups excluding carboxylic acids is 2. The van der Waals surface area contributed by atoms with E-state index in [-0.39, 0.29) is 22.8 Å². The summed E-state index contributed by atoms with van der Waals surface area (Å²) in [5, 5.41) is 16.2. The van der Waals surface area contributed by atoms with Crippen molar-refractivity contribution in [2.45, 2.75) is 12.4 Å². The first kappa shape index (κ1) is 38.3. The molecule has 0 saturated heterocycles. The number of nitrogens with zero attached hydrogens (tertiary/aromatic N) is 1. The van der Waals surface area contributed by atoms with Gasteiger partial charge in [-0.05, 0) is 82.9 Å². The molecule has 8 nitrogen and oxygen atoms in total. The second-order valence-electron chi connectivity index (χ2n) is 11.6. The summed E-state index contributed by atoms with van der Waals surface area (Å²) in [6.07, 6.45) is -8.85. The van der Waals surface area contributed by atoms with Crippen LogP contribution in [0.2, 0.25) is 0 Å². The first-order valence-electron chi connectivity index (χ1n) is 15.9. The maximum atomic E-state index is 12.7. The van der Waals surface area contributed by atoms with Crippen LogP contribution in [0.1, 0.15) is 31.8 Å². The van der Waals surface area contributed by atoms with Crippen LogP contribution in [0.5, 0.6) is 0 Å². The molecule has 0 saturated carbocycles. The van der Waals surface area contributed by atoms with Crippen LogP contribution in [0, 0.1) is 10.1 Å². The van der Waals surface area contributed by atoms with Gasteiger partial charge in [-0.2, -0.15) is 26.3 Å². The first-order valence-corrected chi connectivity index (χ1v) is 15.9. The molecule has 0 aliphatic carbocycles. The standard InChI is InChI=1S/C20H13F3N2O3.C20H15F3N2O/c21-20(22,23)14-10-8-13(9-11-14)17-6-1-2-7-18(17)19(26)24-15-4-3-5-16(12-15)25(27)28;21-20(22,23)14-10-8-13(9-11-14)17-6-1-2-7-18(17)19(26)25-16-5-3-4-15(24)12-16/h1-12H,(H,24,26);1-12H,24H2,(H,25,26). The van der Waals surface area contributed by atoms with Crippen LogP contribution >= 0.6 is 0 Å². The monoisotopic (exact) mass is 742 g/mol. The van der Waals surface area contributed by atoms with E-state index < -0.39 is 34.3 Å². The molecule has 274 valence electrons. The molecule has 6 aromatic carbocycles. The van der Waals surface area contributed by atoms with Crippen molar-refractivity contribution in [3.05, 3.63) is 178 Å². The lowest BCUT2D eigenvalue weighted by Gasteiger charge is -2.12. The molecule has 0 aliphatic heterocycles. The third kappa shape index (κ3) is 9.67. The van der Waals surface area contributed by atoms with Crippen molar-refractivity contribution in [2.24, 2.45) is 0 Å². The van der Waals surface area contributed by atoms with Gasteiger partial charge in [-0.25, -0.2) is 0 Å². The number of non-ortho nitro benzene ring substituents is 1. The fourth-order valence-electron chi connectivity index (χ4n) is 5.25. The molecule has 0 radical (unpaired) electrons. The predicted molar refractivity (Wildman–Crippen MR) is 194 cm³/mol. The number of hydrogen-bond acceptors (Lipinski definition) is 5. The summed E-state index contributed by atoms with van der Waals surface area (Å²) in [4.78, 5) is 35.5. The number of benzene rings is 6. The number of nitrogen functional groups attached to an aromatic ring is 1. The number of anilines is 3. The highest BCUT2D eigenvalue weighted by Crippen LogP contribution is 2.34. The Morgan fingerprint density at radius 2 is 0.944 bits per heavy atom. The largest absolute Gasteiger partial charge is 0.416 e. The number of halogens is 6. The van der Waals surface area contributed by atoms with Gasteiger partial charge in [-0.1, -0.05) is 72.8 Å². The maximum Gasteiger partial charge on any atom is 0.416 e. The van der Waals surface area contributed by atoms with Gasteiger partial charge >= 0.3 is 12.4 Å². The summed E-state index contributed by atoms with van der Waals surface area (Å²) in [5.74, 6) is -0.901. The Labute approximate surface area is 304 Å². The van der Waals surface area contributed by atoms with Crippen LogP contribution in [0.25, 0.3) is 22.3 Å². The van der Waals surface area contributed by atoms with E-state index in [0.717, 1.165) is 24.3 Å². The van der Waals surface area contributed by atoms with Gasteiger partial charge in [0.15, 0.2) is 0 Å². The second-order valence-corrected chi connectivity index (χ2v) is 11.6. The van der Waals surface area contributed by atoms with E-state index in [1.54, 1.807) is 66.7 Å². The molecule has 0 aliphatic rings. The van der Waals surface area contributed by atoms with Gasteiger partial charge in [0.25, 0.3) is 17.5 Å². The minimum absolute atomic E-state index is 0.172. The summed E-state index contributed by atoms with van der Waals surface area (Å²) in [6, 6.07) is 34.6. The summed E-state index contributed by atoms with van der Waals surface area (Å²) < 4.78 is 76.4. The zero-order valence-corrected chi connectivity index (χ0v) is 27.8. The molecule has 0 aromatic heterocycles. The van der Waals surface area contributed by atoms with Gasteiger partial charge in [0.1, 0.15) is 0 Å². The predicted octanol–water partition coefficient (Wildman–Crippen LogP) is 10.7. The number of amides is 2. The lowest BCUT2D eigenvalue weighted by molar-refractivity contribution is -0.384. The van der Waals surface area contributed by atoms with E-state index in [1.165, 1.54) is 54.6 Å². The van der Waals surface area contributed by atoms with Gasteiger partial charge in [-0.15, -0.1) is 0 Å². The first-order chi connectivity index (χ1) is 25.6. The number of nitrogens with one attached hydrogen (secondary N) is 2. The molecule has 0 spiro atoms. The molecule has 54 heavy (non-hydrogen) atoms. The van der Waals surface area contributed by atoms with E-state index in [9.17, 15) is 46.0 Å². The molecule has 0 bridgehead atoms. The van der Waals surface area contributed by atoms with Crippen molar-refractivity contribution in [1.82, 2.24) is 0 Å². The van der Waals surface area contributed by atoms with Crippen LogP contribution in [0.15, 0.2) is 146 Å². The van der Waals surface area contributed by atoms with Crippen LogP contribution in [-0.2, 0) is 12.4 Å². The van der Waals surface area contributed by atoms with E-state index >= 15 is 0 Å². The number of nitrogens with two attached hydrogens (primary N) is 1. The maximum absolute atomic E-state index is 12.7. The quantitative estimate of drug-likeness (QED) is 0.0649. The lowest BCUT2D eigenvalue weighted by Crippen LogP contribution is -2.13. The van der Waals surface area contributed by atoms with E-state index in [1.807, 2.05) is 0 Å². The highest BCUT2D eigenvalue weighted by atomic mass is 19.4. The molecule has 0 fully saturated rings. The van der Waals surface area contributed by atoms with Crippen molar-refractivity contribution in [1.29, 1.82) is 0 Å². The fourth-order valence-corrected chi connectivity index (χ4v) is 5.25. The Morgan fingerprint density at radius 1 is 0.537 bits per heavy atom. The van der Waals surface area contributed by atoms with Crippen LogP contribution in [0.4, 0.5) is 49.1 Å². The number of hydrogen-bond donors (Lipinski definition) is 3. The Balaban J connectivity index is 0.000000208. The highest BCUT2D eigenvalue weighted by Gasteiger charge is 2.31. The van der Waals surface area contributed by atoms with E-state index in [2.05, 4.69) is 10.6 Å². The molecule has 0 atom stereocenters. The summed E-state index contributed by atoms with van der Waals surface area (Å²) in [7, 11) is 0. The normalized spacial score (nSPS) is 11.1. The highest BCUT2D eigenvalue weighted by molar-refractivity contribution is 6.09. The Morgan fingerprint density at radius 3 is 1.35 bits per heavy atom. The average Bonchev–Trinajstić information content (AvgIpc) is 3.14. The topological polar surface area (TPSA) is 127 Å². The molecular weight excluding hydrogens is 714 g/mol. The average molecular weight is 743 g/mol. The minimum atomic E-state index is -4.45. The van der Waals surface area contributed by atoms with Crippen LogP contribution in [0.3, 0.4) is 0 Å². The Bertz CT molecular complexity index is 2290. The summed E-state index contributed by atoms with van der Waals surface area (Å²) >= 11 is 0. The van der Waals surface area contributed by atoms with Crippen LogP contribution < -0.4 is 16.4 Å². The number of alkyl halides is 6. The van der Waals surface area contributed by atoms with Gasteiger partial charge in [0.2, 0.25) is 0 Å². The number of nitro groups is 1. The molecule has 2 amide bonds. The van der Waals surface area contributed by atoms with Crippen molar-refractivity contribution in [2.75, 3.05) is 16.4 Å². The molecule has 6 aromatic rings. The van der Waals surface area contributed by atoms with Crippen molar-refractivity contribution in [3.8, 4) is 22.3 Å². The zero-order chi connectivity index (χ0) is 39.0. The molecule has 0 heterocycles. The van der Waals surface area contributed by atoms with Crippen molar-refractivity contribution >= 4 is 34.6 Å². The van der Waals surface area contributed by atoms with Crippen molar-refractivity contribution < 1.29 is 40.9 Å². The number of nitro benzene ring substituents is 1. The summed E-state index contributed by atoms with van der Waals surface area (Å²) in [5.41, 5.74) is 7.84. The number of carbonyl (C=O) groups is 2. The minimum Gasteiger partial charge on any atom is -0.399 e. The van der Waals surface area contributed by atoms with E-state index in [4.69, 9.17) is 5.73 Å². The molecule has 0 unspecified atom stereocenters. The molecule has 6 rings (SSSR count). The zero-order valence-electron chi connectivity index (χ0n) is 27.8. The third-order valence-corrected chi connectivity index (χ3v) is 7.85. The van der Waals surface area contributed by atoms with Gasteiger partial charge in [0, 0.05) is 40.3 Å². The van der Waals surface area contributed by atoms with Crippen molar-refractivity contribution in [3.63, 3.8) is 0 Å². The molecule has 4 N–H and O–H groups in total. The SMILES string of the molecule is Nc1cccc(NC(=O)c2ccccc2-c2ccc(C(F)(F)F)cc2)c1.O=C(Nc1cccc([N+](=O)[O-])c1)c1ccccc1-c1ccc(C(F)(F)F)cc1. The molecule has 14 heteroatoms. The lowest BCUT2D eigenvalue weighted by atomic mass is 9.98. The smallest absolute Gasteiger partial charge is 0.399 e. The third-order valence-electron chi connectivity index (χ3n) is 7.85. The molecular formula is C40H28F6N4O4. The van der Waals surface area contributed by atoms with Gasteiger partial charge in [0.05, 0.1) is 16.1 Å². The summed E-state index contributed by atoms with van der Waals surface area (Å²) in [6.45, 7) is 0.